The van der Waals surface area contributed by atoms with Gasteiger partial charge in [-0.15, -0.1) is 0 Å². The third kappa shape index (κ3) is 2.75. The van der Waals surface area contributed by atoms with Crippen LogP contribution in [0.15, 0.2) is 65.9 Å². The molecule has 0 aliphatic heterocycles. The maximum absolute atomic E-state index is 13.2. The summed E-state index contributed by atoms with van der Waals surface area (Å²) in [6.45, 7) is 4.04. The van der Waals surface area contributed by atoms with Crippen LogP contribution in [0.1, 0.15) is 11.1 Å². The van der Waals surface area contributed by atoms with Gasteiger partial charge in [0.05, 0.1) is 18.6 Å². The van der Waals surface area contributed by atoms with E-state index < -0.39 is 0 Å². The maximum Gasteiger partial charge on any atom is 0.316 e. The van der Waals surface area contributed by atoms with Crippen molar-refractivity contribution in [1.29, 1.82) is 0 Å². The lowest BCUT2D eigenvalue weighted by Crippen LogP contribution is -2.40. The highest BCUT2D eigenvalue weighted by molar-refractivity contribution is 5.47. The Bertz CT molecular complexity index is 1150. The van der Waals surface area contributed by atoms with Crippen molar-refractivity contribution in [3.63, 3.8) is 0 Å². The summed E-state index contributed by atoms with van der Waals surface area (Å²) in [5, 5.41) is 17.7. The Labute approximate surface area is 150 Å². The number of benzene rings is 2. The second kappa shape index (κ2) is 6.15. The monoisotopic (exact) mass is 345 g/mol. The van der Waals surface area contributed by atoms with E-state index >= 15 is 0 Å². The predicted molar refractivity (Wildman–Crippen MR) is 96.3 cm³/mol. The number of hydrogen-bond acceptors (Lipinski definition) is 3. The van der Waals surface area contributed by atoms with Gasteiger partial charge in [-0.1, -0.05) is 39.9 Å². The van der Waals surface area contributed by atoms with E-state index in [4.69, 9.17) is 0 Å². The molecule has 0 aliphatic rings. The molecule has 0 spiro atoms. The molecular formula is C20H19N5O. The Kier molecular flexibility index (Phi) is 3.80. The molecule has 0 saturated carbocycles. The van der Waals surface area contributed by atoms with E-state index in [1.54, 1.807) is 26.0 Å². The Hall–Kier alpha value is -3.41. The van der Waals surface area contributed by atoms with Gasteiger partial charge in [0.25, 0.3) is 5.62 Å². The zero-order valence-corrected chi connectivity index (χ0v) is 14.9. The molecule has 0 radical (unpaired) electrons. The highest BCUT2D eigenvalue weighted by atomic mass is 16.3. The van der Waals surface area contributed by atoms with Gasteiger partial charge in [-0.25, -0.2) is 9.56 Å². The number of nitrogens with zero attached hydrogens (tertiary/aromatic N) is 5. The first-order valence-corrected chi connectivity index (χ1v) is 8.38. The predicted octanol–water partition coefficient (Wildman–Crippen LogP) is 1.87. The molecule has 130 valence electrons. The van der Waals surface area contributed by atoms with Crippen molar-refractivity contribution in [2.45, 2.75) is 13.8 Å². The van der Waals surface area contributed by atoms with E-state index in [1.165, 1.54) is 0 Å². The third-order valence-electron chi connectivity index (χ3n) is 4.33. The lowest BCUT2D eigenvalue weighted by molar-refractivity contribution is -0.586. The first kappa shape index (κ1) is 16.1. The third-order valence-corrected chi connectivity index (χ3v) is 4.33. The van der Waals surface area contributed by atoms with Gasteiger partial charge in [0, 0.05) is 5.69 Å². The van der Waals surface area contributed by atoms with Gasteiger partial charge in [0.2, 0.25) is 0 Å². The molecule has 2 heterocycles. The van der Waals surface area contributed by atoms with Crippen LogP contribution in [-0.2, 0) is 7.05 Å². The van der Waals surface area contributed by atoms with Crippen LogP contribution in [0.3, 0.4) is 0 Å². The first-order valence-electron chi connectivity index (χ1n) is 8.38. The minimum absolute atomic E-state index is 0.165. The summed E-state index contributed by atoms with van der Waals surface area (Å²) < 4.78 is 4.88. The van der Waals surface area contributed by atoms with Crippen LogP contribution in [0.4, 0.5) is 5.69 Å². The van der Waals surface area contributed by atoms with Crippen LogP contribution in [0.2, 0.25) is 0 Å². The lowest BCUT2D eigenvalue weighted by atomic mass is 10.2. The minimum Gasteiger partial charge on any atom is -0.854 e. The summed E-state index contributed by atoms with van der Waals surface area (Å²) in [6.07, 6.45) is 3.56. The number of aromatic nitrogens is 4. The summed E-state index contributed by atoms with van der Waals surface area (Å²) in [7, 11) is 1.83. The smallest absolute Gasteiger partial charge is 0.316 e. The van der Waals surface area contributed by atoms with Gasteiger partial charge in [-0.2, -0.15) is 0 Å². The van der Waals surface area contributed by atoms with Crippen LogP contribution < -0.4 is 15.2 Å². The van der Waals surface area contributed by atoms with E-state index in [9.17, 15) is 5.11 Å². The van der Waals surface area contributed by atoms with Gasteiger partial charge in [-0.3, -0.25) is 4.57 Å². The molecular weight excluding hydrogens is 326 g/mol. The molecule has 0 N–H and O–H groups in total. The molecule has 0 unspecified atom stereocenters. The SMILES string of the molecule is Cc1ccc(N=c2n[n+]3ccn(C)c3c([O-])n2-c2ccc(C)cc2)cc1. The van der Waals surface area contributed by atoms with Crippen molar-refractivity contribution in [1.82, 2.24) is 14.2 Å². The molecule has 0 aliphatic carbocycles. The summed E-state index contributed by atoms with van der Waals surface area (Å²) in [4.78, 5) is 4.62. The highest BCUT2D eigenvalue weighted by Gasteiger charge is 2.14. The van der Waals surface area contributed by atoms with Crippen molar-refractivity contribution in [3.05, 3.63) is 77.7 Å². The summed E-state index contributed by atoms with van der Waals surface area (Å²) in [5.41, 5.74) is 4.59. The quantitative estimate of drug-likeness (QED) is 0.521. The summed E-state index contributed by atoms with van der Waals surface area (Å²) in [5.74, 6) is -0.165. The van der Waals surface area contributed by atoms with Crippen molar-refractivity contribution < 1.29 is 9.62 Å². The van der Waals surface area contributed by atoms with Crippen LogP contribution in [0.5, 0.6) is 5.88 Å². The molecule has 6 heteroatoms. The molecule has 2 aromatic carbocycles. The van der Waals surface area contributed by atoms with Gasteiger partial charge in [-0.05, 0) is 43.2 Å². The maximum atomic E-state index is 13.2. The molecule has 0 amide bonds. The number of imidazole rings is 1. The second-order valence-electron chi connectivity index (χ2n) is 6.40. The number of rotatable bonds is 2. The molecule has 0 saturated heterocycles. The molecule has 26 heavy (non-hydrogen) atoms. The van der Waals surface area contributed by atoms with E-state index in [2.05, 4.69) is 10.1 Å². The van der Waals surface area contributed by atoms with Crippen molar-refractivity contribution >= 4 is 11.3 Å². The topological polar surface area (TPSA) is 62.3 Å². The van der Waals surface area contributed by atoms with Gasteiger partial charge >= 0.3 is 5.65 Å². The van der Waals surface area contributed by atoms with E-state index in [-0.39, 0.29) is 5.88 Å². The zero-order valence-electron chi connectivity index (χ0n) is 14.9. The highest BCUT2D eigenvalue weighted by Crippen LogP contribution is 2.16. The molecule has 4 rings (SSSR count). The molecule has 0 fully saturated rings. The summed E-state index contributed by atoms with van der Waals surface area (Å²) >= 11 is 0. The van der Waals surface area contributed by atoms with Crippen molar-refractivity contribution in [2.75, 3.05) is 0 Å². The zero-order chi connectivity index (χ0) is 18.3. The van der Waals surface area contributed by atoms with Crippen LogP contribution >= 0.6 is 0 Å². The molecule has 0 atom stereocenters. The molecule has 2 aromatic heterocycles. The fraction of sp³-hybridized carbons (Fsp3) is 0.150. The fourth-order valence-corrected chi connectivity index (χ4v) is 2.86. The summed E-state index contributed by atoms with van der Waals surface area (Å²) in [6, 6.07) is 15.6. The number of hydrogen-bond donors (Lipinski definition) is 0. The Morgan fingerprint density at radius 2 is 1.58 bits per heavy atom. The van der Waals surface area contributed by atoms with Crippen molar-refractivity contribution in [2.24, 2.45) is 12.0 Å². The van der Waals surface area contributed by atoms with Crippen LogP contribution in [-0.4, -0.2) is 14.2 Å². The van der Waals surface area contributed by atoms with Gasteiger partial charge < -0.3 is 5.11 Å². The van der Waals surface area contributed by atoms with Gasteiger partial charge in [0.1, 0.15) is 6.20 Å². The second-order valence-corrected chi connectivity index (χ2v) is 6.40. The molecule has 0 bridgehead atoms. The average molecular weight is 345 g/mol. The van der Waals surface area contributed by atoms with E-state index in [0.717, 1.165) is 22.5 Å². The lowest BCUT2D eigenvalue weighted by Gasteiger charge is -2.16. The Morgan fingerprint density at radius 3 is 2.23 bits per heavy atom. The molecule has 6 nitrogen and oxygen atoms in total. The van der Waals surface area contributed by atoms with Crippen LogP contribution in [0.25, 0.3) is 11.3 Å². The van der Waals surface area contributed by atoms with Gasteiger partial charge in [0.15, 0.2) is 6.20 Å². The standard InChI is InChI=1S/C20H19N5O/c1-14-4-8-16(9-5-14)21-20-22-24-13-12-23(3)18(24)19(26)25(20)17-10-6-15(2)7-11-17/h4-13H,1-3H3. The first-order chi connectivity index (χ1) is 12.5. The van der Waals surface area contributed by atoms with Crippen LogP contribution in [0, 0.1) is 13.8 Å². The largest absolute Gasteiger partial charge is 0.854 e. The number of aryl methyl sites for hydroxylation is 3. The van der Waals surface area contributed by atoms with Crippen molar-refractivity contribution in [3.8, 4) is 11.6 Å². The Balaban J connectivity index is 2.06. The average Bonchev–Trinajstić information content (AvgIpc) is 2.99. The fourth-order valence-electron chi connectivity index (χ4n) is 2.86. The van der Waals surface area contributed by atoms with E-state index in [1.807, 2.05) is 69.4 Å². The number of fused-ring (bicyclic) bond motifs is 1. The molecule has 4 aromatic rings. The minimum atomic E-state index is -0.165. The van der Waals surface area contributed by atoms with E-state index in [0.29, 0.717) is 11.3 Å². The Morgan fingerprint density at radius 1 is 0.962 bits per heavy atom. The normalized spacial score (nSPS) is 12.0.